The Labute approximate surface area is 180 Å². The number of piperazine rings is 1. The second kappa shape index (κ2) is 9.13. The van der Waals surface area contributed by atoms with Crippen LogP contribution in [0.25, 0.3) is 0 Å². The van der Waals surface area contributed by atoms with Crippen molar-refractivity contribution in [1.82, 2.24) is 4.90 Å². The Bertz CT molecular complexity index is 970. The summed E-state index contributed by atoms with van der Waals surface area (Å²) < 4.78 is 0. The molecule has 2 amide bonds. The maximum absolute atomic E-state index is 12.5. The number of hydrogen-bond acceptors (Lipinski definition) is 6. The van der Waals surface area contributed by atoms with Crippen LogP contribution in [-0.2, 0) is 9.59 Å². The fourth-order valence-electron chi connectivity index (χ4n) is 4.03. The Morgan fingerprint density at radius 2 is 1.74 bits per heavy atom. The highest BCUT2D eigenvalue weighted by Gasteiger charge is 2.22. The van der Waals surface area contributed by atoms with Gasteiger partial charge in [-0.25, -0.2) is 0 Å². The predicted octanol–water partition coefficient (Wildman–Crippen LogP) is 2.48. The van der Waals surface area contributed by atoms with Crippen molar-refractivity contribution < 1.29 is 14.5 Å². The number of rotatable bonds is 6. The predicted molar refractivity (Wildman–Crippen MR) is 118 cm³/mol. The van der Waals surface area contributed by atoms with Gasteiger partial charge in [0.15, 0.2) is 0 Å². The zero-order valence-electron chi connectivity index (χ0n) is 17.2. The van der Waals surface area contributed by atoms with Gasteiger partial charge < -0.3 is 15.1 Å². The van der Waals surface area contributed by atoms with Gasteiger partial charge in [0.1, 0.15) is 0 Å². The number of non-ortho nitro benzene ring substituents is 1. The van der Waals surface area contributed by atoms with Gasteiger partial charge in [-0.3, -0.25) is 24.6 Å². The standard InChI is InChI=1S/C22H25N5O4/c28-21(23-17-3-1-4-20(15-17)26-10-2-5-22(26)29)16-24-11-13-25(14-12-24)18-6-8-19(9-7-18)27(30)31/h1,3-4,6-9,15H,2,5,10-14,16H2,(H,23,28). The molecule has 2 fully saturated rings. The fraction of sp³-hybridized carbons (Fsp3) is 0.364. The largest absolute Gasteiger partial charge is 0.369 e. The Morgan fingerprint density at radius 3 is 2.39 bits per heavy atom. The summed E-state index contributed by atoms with van der Waals surface area (Å²) in [5, 5.41) is 13.7. The molecule has 2 saturated heterocycles. The summed E-state index contributed by atoms with van der Waals surface area (Å²) in [5.74, 6) is 0.0306. The van der Waals surface area contributed by atoms with Crippen LogP contribution in [0.4, 0.5) is 22.7 Å². The maximum Gasteiger partial charge on any atom is 0.269 e. The minimum absolute atomic E-state index is 0.0808. The highest BCUT2D eigenvalue weighted by Crippen LogP contribution is 2.24. The van der Waals surface area contributed by atoms with Crippen molar-refractivity contribution in [2.75, 3.05) is 54.4 Å². The van der Waals surface area contributed by atoms with Crippen LogP contribution in [0.3, 0.4) is 0 Å². The first-order chi connectivity index (χ1) is 15.0. The average Bonchev–Trinajstić information content (AvgIpc) is 3.20. The number of benzene rings is 2. The van der Waals surface area contributed by atoms with Gasteiger partial charge >= 0.3 is 0 Å². The molecule has 2 aromatic rings. The van der Waals surface area contributed by atoms with Gasteiger partial charge in [-0.15, -0.1) is 0 Å². The molecule has 0 radical (unpaired) electrons. The van der Waals surface area contributed by atoms with Crippen LogP contribution in [0, 0.1) is 10.1 Å². The van der Waals surface area contributed by atoms with Gasteiger partial charge in [-0.1, -0.05) is 6.07 Å². The second-order valence-electron chi connectivity index (χ2n) is 7.78. The van der Waals surface area contributed by atoms with E-state index >= 15 is 0 Å². The molecule has 0 aromatic heterocycles. The molecule has 0 saturated carbocycles. The van der Waals surface area contributed by atoms with Crippen LogP contribution in [0.1, 0.15) is 12.8 Å². The topological polar surface area (TPSA) is 99.0 Å². The Balaban J connectivity index is 1.27. The molecule has 0 unspecified atom stereocenters. The minimum atomic E-state index is -0.404. The zero-order valence-corrected chi connectivity index (χ0v) is 17.2. The van der Waals surface area contributed by atoms with Crippen molar-refractivity contribution in [3.8, 4) is 0 Å². The van der Waals surface area contributed by atoms with E-state index in [1.807, 2.05) is 24.3 Å². The second-order valence-corrected chi connectivity index (χ2v) is 7.78. The molecule has 0 spiro atoms. The lowest BCUT2D eigenvalue weighted by atomic mass is 10.2. The highest BCUT2D eigenvalue weighted by atomic mass is 16.6. The molecule has 2 aromatic carbocycles. The monoisotopic (exact) mass is 423 g/mol. The zero-order chi connectivity index (χ0) is 21.8. The number of carbonyl (C=O) groups is 2. The van der Waals surface area contributed by atoms with E-state index in [1.54, 1.807) is 17.0 Å². The summed E-state index contributed by atoms with van der Waals surface area (Å²) >= 11 is 0. The number of hydrogen-bond donors (Lipinski definition) is 1. The molecule has 162 valence electrons. The van der Waals surface area contributed by atoms with Crippen LogP contribution in [0.15, 0.2) is 48.5 Å². The Hall–Kier alpha value is -3.46. The van der Waals surface area contributed by atoms with Crippen molar-refractivity contribution in [2.45, 2.75) is 12.8 Å². The summed E-state index contributed by atoms with van der Waals surface area (Å²) in [6.45, 7) is 3.96. The van der Waals surface area contributed by atoms with E-state index in [0.717, 1.165) is 50.5 Å². The summed E-state index contributed by atoms with van der Waals surface area (Å²) in [5.41, 5.74) is 2.53. The molecule has 4 rings (SSSR count). The van der Waals surface area contributed by atoms with Gasteiger partial charge in [-0.05, 0) is 36.8 Å². The number of carbonyl (C=O) groups excluding carboxylic acids is 2. The number of anilines is 3. The van der Waals surface area contributed by atoms with Crippen LogP contribution >= 0.6 is 0 Å². The first-order valence-corrected chi connectivity index (χ1v) is 10.4. The lowest BCUT2D eigenvalue weighted by Crippen LogP contribution is -2.48. The Morgan fingerprint density at radius 1 is 1.00 bits per heavy atom. The van der Waals surface area contributed by atoms with E-state index in [4.69, 9.17) is 0 Å². The third-order valence-corrected chi connectivity index (χ3v) is 5.68. The number of nitrogens with one attached hydrogen (secondary N) is 1. The minimum Gasteiger partial charge on any atom is -0.369 e. The summed E-state index contributed by atoms with van der Waals surface area (Å²) in [6, 6.07) is 14.0. The van der Waals surface area contributed by atoms with E-state index in [9.17, 15) is 19.7 Å². The number of nitro benzene ring substituents is 1. The highest BCUT2D eigenvalue weighted by molar-refractivity contribution is 5.97. The quantitative estimate of drug-likeness (QED) is 0.566. The van der Waals surface area contributed by atoms with Gasteiger partial charge in [0.25, 0.3) is 5.69 Å². The normalized spacial score (nSPS) is 17.1. The lowest BCUT2D eigenvalue weighted by Gasteiger charge is -2.35. The van der Waals surface area contributed by atoms with E-state index < -0.39 is 4.92 Å². The third-order valence-electron chi connectivity index (χ3n) is 5.68. The number of nitro groups is 1. The van der Waals surface area contributed by atoms with Gasteiger partial charge in [0.05, 0.1) is 11.5 Å². The van der Waals surface area contributed by atoms with E-state index in [1.165, 1.54) is 12.1 Å². The van der Waals surface area contributed by atoms with Crippen molar-refractivity contribution in [1.29, 1.82) is 0 Å². The molecule has 9 nitrogen and oxygen atoms in total. The number of amides is 2. The molecule has 0 bridgehead atoms. The van der Waals surface area contributed by atoms with Gasteiger partial charge in [-0.2, -0.15) is 0 Å². The van der Waals surface area contributed by atoms with Crippen LogP contribution in [-0.4, -0.2) is 60.9 Å². The van der Waals surface area contributed by atoms with Crippen molar-refractivity contribution in [3.05, 3.63) is 58.6 Å². The molecule has 1 N–H and O–H groups in total. The van der Waals surface area contributed by atoms with Crippen LogP contribution in [0.2, 0.25) is 0 Å². The molecule has 2 aliphatic heterocycles. The van der Waals surface area contributed by atoms with E-state index in [0.29, 0.717) is 18.7 Å². The molecule has 2 aliphatic rings. The Kier molecular flexibility index (Phi) is 6.13. The summed E-state index contributed by atoms with van der Waals surface area (Å²) in [4.78, 5) is 40.9. The molecule has 9 heteroatoms. The van der Waals surface area contributed by atoms with Crippen LogP contribution < -0.4 is 15.1 Å². The average molecular weight is 423 g/mol. The van der Waals surface area contributed by atoms with Crippen LogP contribution in [0.5, 0.6) is 0 Å². The third kappa shape index (κ3) is 5.00. The van der Waals surface area contributed by atoms with E-state index in [2.05, 4.69) is 15.1 Å². The first kappa shape index (κ1) is 20.8. The van der Waals surface area contributed by atoms with Crippen molar-refractivity contribution in [2.24, 2.45) is 0 Å². The lowest BCUT2D eigenvalue weighted by molar-refractivity contribution is -0.384. The molecular formula is C22H25N5O4. The molecule has 0 atom stereocenters. The number of nitrogens with zero attached hydrogens (tertiary/aromatic N) is 4. The van der Waals surface area contributed by atoms with Gasteiger partial charge in [0.2, 0.25) is 11.8 Å². The molecule has 0 aliphatic carbocycles. The molecule has 31 heavy (non-hydrogen) atoms. The maximum atomic E-state index is 12.5. The molecule has 2 heterocycles. The first-order valence-electron chi connectivity index (χ1n) is 10.4. The van der Waals surface area contributed by atoms with E-state index in [-0.39, 0.29) is 17.5 Å². The smallest absolute Gasteiger partial charge is 0.269 e. The molecular weight excluding hydrogens is 398 g/mol. The summed E-state index contributed by atoms with van der Waals surface area (Å²) in [6.07, 6.45) is 1.43. The fourth-order valence-corrected chi connectivity index (χ4v) is 4.03. The van der Waals surface area contributed by atoms with Crippen molar-refractivity contribution >= 4 is 34.6 Å². The van der Waals surface area contributed by atoms with Crippen molar-refractivity contribution in [3.63, 3.8) is 0 Å². The van der Waals surface area contributed by atoms with Gasteiger partial charge in [0, 0.05) is 68.3 Å². The summed E-state index contributed by atoms with van der Waals surface area (Å²) in [7, 11) is 0. The SMILES string of the molecule is O=C(CN1CCN(c2ccc([N+](=O)[O-])cc2)CC1)Nc1cccc(N2CCCC2=O)c1.